The monoisotopic (exact) mass is 616 g/mol. The minimum Gasteiger partial charge on any atom is -0.456 e. The number of esters is 1. The Morgan fingerprint density at radius 2 is 1.82 bits per heavy atom. The highest BCUT2D eigenvalue weighted by Gasteiger charge is 2.89. The zero-order chi connectivity index (χ0) is 31.2. The van der Waals surface area contributed by atoms with Gasteiger partial charge in [-0.1, -0.05) is 6.92 Å². The molecular weight excluding hydrogens is 576 g/mol. The summed E-state index contributed by atoms with van der Waals surface area (Å²) in [5.41, 5.74) is -4.62. The largest absolute Gasteiger partial charge is 0.456 e. The van der Waals surface area contributed by atoms with Crippen LogP contribution >= 0.6 is 0 Å². The number of epoxide rings is 1. The number of carbonyl (C=O) groups excluding carboxylic acids is 2. The molecule has 44 heavy (non-hydrogen) atoms. The summed E-state index contributed by atoms with van der Waals surface area (Å²) in [7, 11) is 0. The number of rotatable bonds is 2. The number of aliphatic hydroxyl groups is 3. The van der Waals surface area contributed by atoms with Gasteiger partial charge in [-0.3, -0.25) is 9.59 Å². The minimum atomic E-state index is -1.98. The lowest BCUT2D eigenvalue weighted by atomic mass is 9.41. The van der Waals surface area contributed by atoms with Gasteiger partial charge in [-0.2, -0.15) is 0 Å². The molecule has 3 aliphatic heterocycles. The third kappa shape index (κ3) is 3.40. The lowest BCUT2D eigenvalue weighted by Gasteiger charge is -2.64. The standard InChI is InChI=1S/C32H40O12/c1-14-9-22(41-15(2)33)32(38)27(40-14)42-20-12-28(3)17(10-19(20)43-32)11-21-31(44-21)25(28)24(35)26(36)29(4)18(7-8-30(29,31)37)16-5-6-23(34)39-13-16/h5-6,13-14,17-22,24-25,27,35,37-38H,7-12H2,1-4H3/t14-,17-,18-,19-,20-,21+,22+,24+,25-,27+,28+,29+,30-,31+,32+/m1/s1. The van der Waals surface area contributed by atoms with Crippen LogP contribution in [0.25, 0.3) is 0 Å². The number of hydrogen-bond acceptors (Lipinski definition) is 12. The normalized spacial score (nSPS) is 55.4. The van der Waals surface area contributed by atoms with Gasteiger partial charge in [0, 0.05) is 31.2 Å². The Morgan fingerprint density at radius 3 is 2.52 bits per heavy atom. The zero-order valence-electron chi connectivity index (χ0n) is 25.3. The molecule has 12 nitrogen and oxygen atoms in total. The quantitative estimate of drug-likeness (QED) is 0.247. The van der Waals surface area contributed by atoms with Crippen LogP contribution in [0, 0.1) is 22.7 Å². The molecule has 7 aliphatic rings. The smallest absolute Gasteiger partial charge is 0.335 e. The number of hydrogen-bond donors (Lipinski definition) is 3. The Hall–Kier alpha value is -2.19. The molecule has 3 N–H and O–H groups in total. The van der Waals surface area contributed by atoms with Crippen molar-refractivity contribution in [3.05, 3.63) is 34.4 Å². The van der Waals surface area contributed by atoms with Crippen LogP contribution in [0.3, 0.4) is 0 Å². The number of aliphatic hydroxyl groups excluding tert-OH is 1. The second-order valence-electron chi connectivity index (χ2n) is 14.8. The lowest BCUT2D eigenvalue weighted by molar-refractivity contribution is -0.457. The predicted molar refractivity (Wildman–Crippen MR) is 147 cm³/mol. The van der Waals surface area contributed by atoms with E-state index in [0.717, 1.165) is 0 Å². The highest BCUT2D eigenvalue weighted by Crippen LogP contribution is 2.77. The first kappa shape index (κ1) is 29.2. The first-order valence-electron chi connectivity index (χ1n) is 15.8. The second-order valence-corrected chi connectivity index (χ2v) is 14.8. The summed E-state index contributed by atoms with van der Waals surface area (Å²) in [4.78, 5) is 37.9. The maximum Gasteiger partial charge on any atom is 0.335 e. The van der Waals surface area contributed by atoms with Gasteiger partial charge < -0.3 is 43.4 Å². The highest BCUT2D eigenvalue weighted by atomic mass is 16.8. The third-order valence-corrected chi connectivity index (χ3v) is 12.8. The van der Waals surface area contributed by atoms with Gasteiger partial charge in [0.05, 0.1) is 36.1 Å². The van der Waals surface area contributed by atoms with Crippen molar-refractivity contribution in [2.75, 3.05) is 0 Å². The van der Waals surface area contributed by atoms with Crippen LogP contribution in [0.2, 0.25) is 0 Å². The van der Waals surface area contributed by atoms with Gasteiger partial charge in [-0.25, -0.2) is 4.79 Å². The maximum atomic E-state index is 14.4. The molecule has 1 aromatic rings. The molecule has 8 rings (SSSR count). The van der Waals surface area contributed by atoms with Crippen LogP contribution < -0.4 is 5.63 Å². The Kier molecular flexibility index (Phi) is 5.97. The molecule has 0 aromatic carbocycles. The first-order chi connectivity index (χ1) is 20.7. The molecular formula is C32H40O12. The Balaban J connectivity index is 1.13. The number of fused-ring (bicyclic) bond motifs is 5. The first-order valence-corrected chi connectivity index (χ1v) is 15.8. The summed E-state index contributed by atoms with van der Waals surface area (Å²) >= 11 is 0. The molecule has 1 spiro atoms. The summed E-state index contributed by atoms with van der Waals surface area (Å²) in [5, 5.41) is 36.3. The van der Waals surface area contributed by atoms with Gasteiger partial charge in [0.1, 0.15) is 17.3 Å². The molecule has 0 amide bonds. The predicted octanol–water partition coefficient (Wildman–Crippen LogP) is 1.31. The van der Waals surface area contributed by atoms with E-state index in [-0.39, 0.29) is 24.5 Å². The minimum absolute atomic E-state index is 0.0789. The van der Waals surface area contributed by atoms with E-state index in [0.29, 0.717) is 37.7 Å². The van der Waals surface area contributed by atoms with Crippen LogP contribution in [-0.2, 0) is 33.3 Å². The number of ketones is 1. The van der Waals surface area contributed by atoms with Gasteiger partial charge in [0.2, 0.25) is 6.29 Å². The van der Waals surface area contributed by atoms with E-state index in [1.807, 2.05) is 6.92 Å². The van der Waals surface area contributed by atoms with Gasteiger partial charge in [0.15, 0.2) is 11.9 Å². The molecule has 0 radical (unpaired) electrons. The molecule has 4 saturated carbocycles. The highest BCUT2D eigenvalue weighted by molar-refractivity contribution is 5.94. The van der Waals surface area contributed by atoms with E-state index in [1.165, 1.54) is 19.3 Å². The van der Waals surface area contributed by atoms with E-state index in [1.54, 1.807) is 19.9 Å². The van der Waals surface area contributed by atoms with Crippen molar-refractivity contribution in [3.63, 3.8) is 0 Å². The Morgan fingerprint density at radius 1 is 1.05 bits per heavy atom. The summed E-state index contributed by atoms with van der Waals surface area (Å²) < 4.78 is 35.8. The van der Waals surface area contributed by atoms with Crippen molar-refractivity contribution in [3.8, 4) is 0 Å². The molecule has 12 heteroatoms. The average molecular weight is 617 g/mol. The summed E-state index contributed by atoms with van der Waals surface area (Å²) in [5.74, 6) is -4.21. The number of ether oxygens (including phenoxy) is 5. The zero-order valence-corrected chi connectivity index (χ0v) is 25.3. The van der Waals surface area contributed by atoms with Gasteiger partial charge in [-0.05, 0) is 68.9 Å². The fourth-order valence-corrected chi connectivity index (χ4v) is 10.8. The molecule has 4 aliphatic carbocycles. The van der Waals surface area contributed by atoms with E-state index in [4.69, 9.17) is 28.1 Å². The number of Topliss-reactive ketones (excluding diaryl/α,β-unsaturated/α-hetero) is 1. The molecule has 0 bridgehead atoms. The van der Waals surface area contributed by atoms with Gasteiger partial charge in [0.25, 0.3) is 5.79 Å². The average Bonchev–Trinajstić information content (AvgIpc) is 3.60. The van der Waals surface area contributed by atoms with Crippen molar-refractivity contribution in [2.24, 2.45) is 22.7 Å². The molecule has 4 heterocycles. The number of carbonyl (C=O) groups is 2. The van der Waals surface area contributed by atoms with E-state index in [2.05, 4.69) is 0 Å². The molecule has 1 aromatic heterocycles. The lowest BCUT2D eigenvalue weighted by Crippen LogP contribution is -2.76. The fraction of sp³-hybridized carbons (Fsp3) is 0.781. The third-order valence-electron chi connectivity index (χ3n) is 12.8. The Labute approximate surface area is 253 Å². The van der Waals surface area contributed by atoms with E-state index in [9.17, 15) is 29.7 Å². The van der Waals surface area contributed by atoms with Crippen LogP contribution in [0.1, 0.15) is 77.7 Å². The van der Waals surface area contributed by atoms with Crippen LogP contribution in [-0.4, -0.2) is 87.0 Å². The summed E-state index contributed by atoms with van der Waals surface area (Å²) in [6.07, 6.45) is -1.68. The van der Waals surface area contributed by atoms with Crippen LogP contribution in [0.5, 0.6) is 0 Å². The van der Waals surface area contributed by atoms with Gasteiger partial charge in [-0.15, -0.1) is 0 Å². The van der Waals surface area contributed by atoms with Crippen molar-refractivity contribution in [2.45, 2.75) is 132 Å². The van der Waals surface area contributed by atoms with Crippen LogP contribution in [0.15, 0.2) is 27.6 Å². The van der Waals surface area contributed by atoms with Crippen molar-refractivity contribution < 1.29 is 53.0 Å². The van der Waals surface area contributed by atoms with Crippen molar-refractivity contribution in [1.29, 1.82) is 0 Å². The molecule has 3 saturated heterocycles. The maximum absolute atomic E-state index is 14.4. The molecule has 7 fully saturated rings. The van der Waals surface area contributed by atoms with Crippen LogP contribution in [0.4, 0.5) is 0 Å². The van der Waals surface area contributed by atoms with E-state index >= 15 is 0 Å². The SMILES string of the molecule is CC(=O)O[C@H]1C[C@@H](C)O[C@H]2O[C@@H]3C[C@@]4(C)[C@@H](C[C@@H]5O[C@]56[C@@H]4[C@H](O)C(=O)[C@]4(C)[C@@H](c5ccc(=O)oc5)CC[C@]64O)C[C@H]3O[C@]21O. The van der Waals surface area contributed by atoms with Gasteiger partial charge >= 0.3 is 11.6 Å². The molecule has 15 atom stereocenters. The fourth-order valence-electron chi connectivity index (χ4n) is 10.8. The molecule has 0 unspecified atom stereocenters. The topological polar surface area (TPSA) is 174 Å². The van der Waals surface area contributed by atoms with Crippen molar-refractivity contribution in [1.82, 2.24) is 0 Å². The molecule has 240 valence electrons. The Bertz CT molecular complexity index is 1460. The summed E-state index contributed by atoms with van der Waals surface area (Å²) in [6, 6.07) is 2.93. The van der Waals surface area contributed by atoms with Crippen molar-refractivity contribution >= 4 is 11.8 Å². The van der Waals surface area contributed by atoms with E-state index < -0.39 is 87.7 Å². The second kappa shape index (κ2) is 8.99. The summed E-state index contributed by atoms with van der Waals surface area (Å²) in [6.45, 7) is 6.84.